The number of aromatic nitrogens is 1. The minimum absolute atomic E-state index is 0.0420. The van der Waals surface area contributed by atoms with Gasteiger partial charge < -0.3 is 19.2 Å². The number of rotatable bonds is 8. The molecule has 2 aliphatic heterocycles. The number of hydrogen-bond acceptors (Lipinski definition) is 7. The number of hydrogen-bond donors (Lipinski definition) is 1. The second-order valence-corrected chi connectivity index (χ2v) is 19.7. The number of fused-ring (bicyclic) bond motifs is 1. The number of thiazole rings is 1. The predicted octanol–water partition coefficient (Wildman–Crippen LogP) is 8.28. The first-order valence-corrected chi connectivity index (χ1v) is 19.0. The highest BCUT2D eigenvalue weighted by molar-refractivity contribution is 7.16. The van der Waals surface area contributed by atoms with E-state index < -0.39 is 20.0 Å². The number of carbonyl (C=O) groups is 1. The van der Waals surface area contributed by atoms with Gasteiger partial charge in [0.1, 0.15) is 0 Å². The van der Waals surface area contributed by atoms with Gasteiger partial charge in [0.2, 0.25) is 5.91 Å². The number of nitrogens with zero attached hydrogens (tertiary/aromatic N) is 2. The number of aryl methyl sites for hydroxylation is 1. The highest BCUT2D eigenvalue weighted by atomic mass is 35.5. The van der Waals surface area contributed by atoms with Gasteiger partial charge in [-0.05, 0) is 73.6 Å². The summed E-state index contributed by atoms with van der Waals surface area (Å²) in [7, 11) is -1.94. The summed E-state index contributed by atoms with van der Waals surface area (Å²) in [6, 6.07) is 12.3. The van der Waals surface area contributed by atoms with Crippen LogP contribution in [0, 0.1) is 6.92 Å². The zero-order valence-corrected chi connectivity index (χ0v) is 28.4. The van der Waals surface area contributed by atoms with Crippen LogP contribution in [0.25, 0.3) is 0 Å². The van der Waals surface area contributed by atoms with E-state index in [-0.39, 0.29) is 34.6 Å². The van der Waals surface area contributed by atoms with E-state index in [1.165, 1.54) is 23.5 Å². The maximum absolute atomic E-state index is 13.6. The Morgan fingerprint density at radius 3 is 2.57 bits per heavy atom. The Morgan fingerprint density at radius 2 is 1.89 bits per heavy atom. The molecule has 6 rings (SSSR count). The third-order valence-electron chi connectivity index (χ3n) is 9.45. The van der Waals surface area contributed by atoms with Crippen molar-refractivity contribution in [1.82, 2.24) is 9.88 Å². The summed E-state index contributed by atoms with van der Waals surface area (Å²) in [5.41, 5.74) is 1.59. The molecule has 0 radical (unpaired) electrons. The number of ether oxygens (including phenoxy) is 2. The van der Waals surface area contributed by atoms with Crippen molar-refractivity contribution in [3.8, 4) is 11.5 Å². The van der Waals surface area contributed by atoms with Crippen molar-refractivity contribution in [1.29, 1.82) is 0 Å². The fourth-order valence-corrected chi connectivity index (χ4v) is 8.56. The Labute approximate surface area is 267 Å². The molecular formula is C32H38ClF2N3O4SSi. The molecule has 3 aromatic rings. The van der Waals surface area contributed by atoms with Crippen molar-refractivity contribution < 1.29 is 27.5 Å². The molecule has 1 N–H and O–H groups in total. The molecule has 2 aromatic carbocycles. The lowest BCUT2D eigenvalue weighted by Gasteiger charge is -2.38. The average molecular weight is 662 g/mol. The molecule has 1 unspecified atom stereocenters. The Hall–Kier alpha value is -2.57. The third kappa shape index (κ3) is 5.89. The SMILES string of the molecule is Cc1nc(NC(=O)C2(c3ccc4c(c3)OC(F)(F)O4)CC2)sc1[C@H](c1ccccc1Cl)N1CCC(O[Si](C)(C)C(C)(C)C)C1. The van der Waals surface area contributed by atoms with Crippen molar-refractivity contribution in [2.24, 2.45) is 0 Å². The standard InChI is InChI=1S/C32H38ClF2N3O4SSi/c1-19-27(26(22-9-7-8-10-23(22)33)38-16-13-21(18-38)42-44(5,6)30(2,3)4)43-29(36-19)37-28(39)31(14-15-31)20-11-12-24-25(17-20)41-32(34,35)40-24/h7-12,17,21,26H,13-16,18H2,1-6H3,(H,36,37,39)/t21?,26-/m0/s1. The number of benzene rings is 2. The van der Waals surface area contributed by atoms with E-state index in [4.69, 9.17) is 21.0 Å². The van der Waals surface area contributed by atoms with Crippen LogP contribution in [-0.4, -0.2) is 49.6 Å². The van der Waals surface area contributed by atoms with Crippen molar-refractivity contribution in [2.45, 2.75) is 88.9 Å². The predicted molar refractivity (Wildman–Crippen MR) is 171 cm³/mol. The Bertz CT molecular complexity index is 1590. The average Bonchev–Trinajstić information content (AvgIpc) is 3.34. The first-order chi connectivity index (χ1) is 20.6. The van der Waals surface area contributed by atoms with Crippen LogP contribution in [0.3, 0.4) is 0 Å². The van der Waals surface area contributed by atoms with Gasteiger partial charge in [-0.25, -0.2) is 4.98 Å². The van der Waals surface area contributed by atoms with Gasteiger partial charge in [-0.2, -0.15) is 0 Å². The second kappa shape index (κ2) is 11.0. The van der Waals surface area contributed by atoms with Crippen LogP contribution in [0.4, 0.5) is 13.9 Å². The molecule has 2 fully saturated rings. The van der Waals surface area contributed by atoms with Gasteiger partial charge >= 0.3 is 6.29 Å². The van der Waals surface area contributed by atoms with Gasteiger partial charge in [0.05, 0.1) is 28.1 Å². The lowest BCUT2D eigenvalue weighted by Crippen LogP contribution is -2.44. The second-order valence-electron chi connectivity index (χ2n) is 13.5. The Balaban J connectivity index is 1.24. The zero-order valence-electron chi connectivity index (χ0n) is 25.8. The highest BCUT2D eigenvalue weighted by Crippen LogP contribution is 2.53. The first-order valence-electron chi connectivity index (χ1n) is 14.9. The summed E-state index contributed by atoms with van der Waals surface area (Å²) in [6.45, 7) is 14.9. The highest BCUT2D eigenvalue weighted by Gasteiger charge is 2.53. The van der Waals surface area contributed by atoms with Crippen LogP contribution >= 0.6 is 22.9 Å². The van der Waals surface area contributed by atoms with Gasteiger partial charge in [-0.1, -0.05) is 68.0 Å². The number of halogens is 3. The number of carbonyl (C=O) groups excluding carboxylic acids is 1. The van der Waals surface area contributed by atoms with E-state index in [0.717, 1.165) is 35.6 Å². The Morgan fingerprint density at radius 1 is 1.18 bits per heavy atom. The molecule has 44 heavy (non-hydrogen) atoms. The summed E-state index contributed by atoms with van der Waals surface area (Å²) in [6.07, 6.45) is -1.46. The van der Waals surface area contributed by atoms with Crippen molar-refractivity contribution in [3.63, 3.8) is 0 Å². The maximum atomic E-state index is 13.6. The van der Waals surface area contributed by atoms with Crippen molar-refractivity contribution in [3.05, 3.63) is 69.2 Å². The maximum Gasteiger partial charge on any atom is 0.586 e. The third-order valence-corrected chi connectivity index (χ3v) is 15.5. The number of likely N-dealkylation sites (tertiary alicyclic amines) is 1. The molecule has 1 aromatic heterocycles. The Kier molecular flexibility index (Phi) is 7.89. The molecule has 12 heteroatoms. The van der Waals surface area contributed by atoms with E-state index in [9.17, 15) is 13.6 Å². The molecule has 0 bridgehead atoms. The van der Waals surface area contributed by atoms with E-state index >= 15 is 0 Å². The molecule has 0 spiro atoms. The van der Waals surface area contributed by atoms with Crippen molar-refractivity contribution >= 4 is 42.3 Å². The molecular weight excluding hydrogens is 624 g/mol. The smallest absolute Gasteiger partial charge is 0.413 e. The molecule has 1 saturated carbocycles. The molecule has 1 amide bonds. The van der Waals surface area contributed by atoms with Gasteiger partial charge in [-0.3, -0.25) is 9.69 Å². The summed E-state index contributed by atoms with van der Waals surface area (Å²) in [5, 5.41) is 4.32. The van der Waals surface area contributed by atoms with Crippen molar-refractivity contribution in [2.75, 3.05) is 18.4 Å². The van der Waals surface area contributed by atoms with Crippen LogP contribution < -0.4 is 14.8 Å². The lowest BCUT2D eigenvalue weighted by molar-refractivity contribution is -0.286. The fraction of sp³-hybridized carbons (Fsp3) is 0.500. The quantitative estimate of drug-likeness (QED) is 0.245. The molecule has 1 aliphatic carbocycles. The number of alkyl halides is 2. The monoisotopic (exact) mass is 661 g/mol. The van der Waals surface area contributed by atoms with Gasteiger partial charge in [-0.15, -0.1) is 8.78 Å². The number of anilines is 1. The largest absolute Gasteiger partial charge is 0.586 e. The molecule has 3 heterocycles. The summed E-state index contributed by atoms with van der Waals surface area (Å²) >= 11 is 8.23. The summed E-state index contributed by atoms with van der Waals surface area (Å²) in [4.78, 5) is 21.8. The minimum Gasteiger partial charge on any atom is -0.413 e. The van der Waals surface area contributed by atoms with Crippen LogP contribution in [0.2, 0.25) is 23.2 Å². The molecule has 1 saturated heterocycles. The van der Waals surface area contributed by atoms with Crippen LogP contribution in [0.1, 0.15) is 67.8 Å². The summed E-state index contributed by atoms with van der Waals surface area (Å²) < 4.78 is 43.1. The fourth-order valence-electron chi connectivity index (χ4n) is 5.83. The molecule has 3 aliphatic rings. The van der Waals surface area contributed by atoms with E-state index in [2.05, 4.69) is 59.6 Å². The lowest BCUT2D eigenvalue weighted by atomic mass is 9.94. The minimum atomic E-state index is -3.71. The van der Waals surface area contributed by atoms with E-state index in [1.54, 1.807) is 6.07 Å². The van der Waals surface area contributed by atoms with Gasteiger partial charge in [0.25, 0.3) is 0 Å². The van der Waals surface area contributed by atoms with Gasteiger partial charge in [0, 0.05) is 18.1 Å². The number of amides is 1. The number of nitrogens with one attached hydrogen (secondary N) is 1. The zero-order chi connectivity index (χ0) is 31.7. The topological polar surface area (TPSA) is 72.9 Å². The normalized spacial score (nSPS) is 21.3. The van der Waals surface area contributed by atoms with Gasteiger partial charge in [0.15, 0.2) is 24.9 Å². The summed E-state index contributed by atoms with van der Waals surface area (Å²) in [5.74, 6) is -0.329. The van der Waals surface area contributed by atoms with Crippen LogP contribution in [-0.2, 0) is 14.6 Å². The van der Waals surface area contributed by atoms with Crippen LogP contribution in [0.15, 0.2) is 42.5 Å². The van der Waals surface area contributed by atoms with E-state index in [0.29, 0.717) is 28.6 Å². The van der Waals surface area contributed by atoms with Crippen LogP contribution in [0.5, 0.6) is 11.5 Å². The molecule has 7 nitrogen and oxygen atoms in total. The first kappa shape index (κ1) is 31.4. The van der Waals surface area contributed by atoms with E-state index in [1.807, 2.05) is 25.1 Å². The molecule has 2 atom stereocenters. The molecule has 236 valence electrons.